The van der Waals surface area contributed by atoms with Gasteiger partial charge in [0.2, 0.25) is 0 Å². The van der Waals surface area contributed by atoms with E-state index in [1.807, 2.05) is 0 Å². The number of carboxylic acid groups (broad SMARTS) is 1. The zero-order valence-electron chi connectivity index (χ0n) is 11.2. The van der Waals surface area contributed by atoms with Gasteiger partial charge in [-0.05, 0) is 31.5 Å². The topological polar surface area (TPSA) is 105 Å². The Morgan fingerprint density at radius 2 is 2.00 bits per heavy atom. The number of urea groups is 1. The van der Waals surface area contributed by atoms with Gasteiger partial charge in [-0.3, -0.25) is 10.1 Å². The summed E-state index contributed by atoms with van der Waals surface area (Å²) in [6.45, 7) is 3.48. The van der Waals surface area contributed by atoms with Crippen molar-refractivity contribution in [2.75, 3.05) is 13.2 Å². The zero-order valence-corrected chi connectivity index (χ0v) is 11.2. The molecule has 7 nitrogen and oxygen atoms in total. The maximum atomic E-state index is 11.4. The summed E-state index contributed by atoms with van der Waals surface area (Å²) in [4.78, 5) is 33.3. The smallest absolute Gasteiger partial charge is 0.335 e. The van der Waals surface area contributed by atoms with Gasteiger partial charge in [0.15, 0.2) is 6.61 Å². The van der Waals surface area contributed by atoms with Gasteiger partial charge in [-0.1, -0.05) is 6.07 Å². The summed E-state index contributed by atoms with van der Waals surface area (Å²) in [6.07, 6.45) is 0. The molecule has 0 fully saturated rings. The molecule has 3 amide bonds. The molecule has 7 heteroatoms. The van der Waals surface area contributed by atoms with Crippen LogP contribution in [0.1, 0.15) is 22.8 Å². The summed E-state index contributed by atoms with van der Waals surface area (Å²) >= 11 is 0. The molecule has 0 spiro atoms. The van der Waals surface area contributed by atoms with Crippen LogP contribution in [0.3, 0.4) is 0 Å². The second-order valence-corrected chi connectivity index (χ2v) is 3.98. The minimum atomic E-state index is -1.08. The molecule has 0 radical (unpaired) electrons. The van der Waals surface area contributed by atoms with Crippen molar-refractivity contribution in [3.05, 3.63) is 29.3 Å². The second-order valence-electron chi connectivity index (χ2n) is 3.98. The van der Waals surface area contributed by atoms with Gasteiger partial charge in [0.1, 0.15) is 5.75 Å². The van der Waals surface area contributed by atoms with Crippen LogP contribution in [0.2, 0.25) is 0 Å². The quantitative estimate of drug-likeness (QED) is 0.743. The number of amides is 3. The van der Waals surface area contributed by atoms with Gasteiger partial charge < -0.3 is 15.2 Å². The van der Waals surface area contributed by atoms with E-state index in [1.54, 1.807) is 19.9 Å². The fraction of sp³-hybridized carbons (Fsp3) is 0.308. The fourth-order valence-electron chi connectivity index (χ4n) is 1.40. The van der Waals surface area contributed by atoms with Gasteiger partial charge in [-0.2, -0.15) is 0 Å². The molecule has 0 unspecified atom stereocenters. The third-order valence-corrected chi connectivity index (χ3v) is 2.38. The van der Waals surface area contributed by atoms with Crippen molar-refractivity contribution in [2.45, 2.75) is 13.8 Å². The van der Waals surface area contributed by atoms with Crippen molar-refractivity contribution in [2.24, 2.45) is 0 Å². The van der Waals surface area contributed by atoms with Crippen LogP contribution in [-0.2, 0) is 4.79 Å². The fourth-order valence-corrected chi connectivity index (χ4v) is 1.40. The van der Waals surface area contributed by atoms with Gasteiger partial charge in [0, 0.05) is 6.54 Å². The Labute approximate surface area is 115 Å². The first kappa shape index (κ1) is 15.5. The highest BCUT2D eigenvalue weighted by Crippen LogP contribution is 2.19. The Bertz CT molecular complexity index is 527. The van der Waals surface area contributed by atoms with E-state index < -0.39 is 17.9 Å². The molecule has 0 saturated carbocycles. The molecular formula is C13H16N2O5. The highest BCUT2D eigenvalue weighted by Gasteiger charge is 2.10. The van der Waals surface area contributed by atoms with Crippen LogP contribution in [0.5, 0.6) is 5.75 Å². The van der Waals surface area contributed by atoms with Crippen LogP contribution in [0.4, 0.5) is 4.79 Å². The molecule has 0 aliphatic rings. The van der Waals surface area contributed by atoms with E-state index in [4.69, 9.17) is 9.84 Å². The number of carbonyl (C=O) groups is 3. The highest BCUT2D eigenvalue weighted by molar-refractivity contribution is 5.95. The first-order chi connectivity index (χ1) is 9.43. The summed E-state index contributed by atoms with van der Waals surface area (Å²) in [5, 5.41) is 13.4. The number of imide groups is 1. The molecule has 0 bridgehead atoms. The standard InChI is InChI=1S/C13H16N2O5/c1-3-14-13(19)15-11(16)7-20-10-6-9(12(17)18)5-4-8(10)2/h4-6H,3,7H2,1-2H3,(H,17,18)(H2,14,15,16,19). The largest absolute Gasteiger partial charge is 0.483 e. The summed E-state index contributed by atoms with van der Waals surface area (Å²) in [5.41, 5.74) is 0.760. The maximum Gasteiger partial charge on any atom is 0.335 e. The van der Waals surface area contributed by atoms with Crippen molar-refractivity contribution in [3.63, 3.8) is 0 Å². The van der Waals surface area contributed by atoms with Crippen LogP contribution < -0.4 is 15.4 Å². The third kappa shape index (κ3) is 4.60. The molecule has 1 aromatic carbocycles. The number of nitrogens with one attached hydrogen (secondary N) is 2. The minimum absolute atomic E-state index is 0.0646. The molecule has 1 aromatic rings. The van der Waals surface area contributed by atoms with Crippen LogP contribution in [0.25, 0.3) is 0 Å². The second kappa shape index (κ2) is 7.13. The lowest BCUT2D eigenvalue weighted by atomic mass is 10.1. The molecule has 0 atom stereocenters. The first-order valence-corrected chi connectivity index (χ1v) is 5.98. The Morgan fingerprint density at radius 1 is 1.30 bits per heavy atom. The third-order valence-electron chi connectivity index (χ3n) is 2.38. The lowest BCUT2D eigenvalue weighted by Gasteiger charge is -2.10. The number of rotatable bonds is 5. The number of carboxylic acids is 1. The predicted molar refractivity (Wildman–Crippen MR) is 70.8 cm³/mol. The SMILES string of the molecule is CCNC(=O)NC(=O)COc1cc(C(=O)O)ccc1C. The zero-order chi connectivity index (χ0) is 15.1. The van der Waals surface area contributed by atoms with Crippen LogP contribution >= 0.6 is 0 Å². The number of hydrogen-bond donors (Lipinski definition) is 3. The monoisotopic (exact) mass is 280 g/mol. The molecule has 20 heavy (non-hydrogen) atoms. The normalized spacial score (nSPS) is 9.70. The van der Waals surface area contributed by atoms with E-state index >= 15 is 0 Å². The van der Waals surface area contributed by atoms with Crippen molar-refractivity contribution < 1.29 is 24.2 Å². The minimum Gasteiger partial charge on any atom is -0.483 e. The molecule has 1 rings (SSSR count). The maximum absolute atomic E-state index is 11.4. The van der Waals surface area contributed by atoms with Gasteiger partial charge in [0.25, 0.3) is 5.91 Å². The van der Waals surface area contributed by atoms with Crippen molar-refractivity contribution in [1.29, 1.82) is 0 Å². The lowest BCUT2D eigenvalue weighted by Crippen LogP contribution is -2.41. The molecule has 0 aliphatic heterocycles. The molecule has 0 saturated heterocycles. The Balaban J connectivity index is 2.61. The van der Waals surface area contributed by atoms with Crippen molar-refractivity contribution in [3.8, 4) is 5.75 Å². The van der Waals surface area contributed by atoms with Gasteiger partial charge in [-0.15, -0.1) is 0 Å². The first-order valence-electron chi connectivity index (χ1n) is 5.98. The van der Waals surface area contributed by atoms with Crippen LogP contribution in [-0.4, -0.2) is 36.2 Å². The van der Waals surface area contributed by atoms with Crippen LogP contribution in [0, 0.1) is 6.92 Å². The average molecular weight is 280 g/mol. The van der Waals surface area contributed by atoms with Crippen molar-refractivity contribution >= 4 is 17.9 Å². The number of aryl methyl sites for hydroxylation is 1. The van der Waals surface area contributed by atoms with E-state index in [1.165, 1.54) is 12.1 Å². The molecule has 108 valence electrons. The van der Waals surface area contributed by atoms with Gasteiger partial charge in [0.05, 0.1) is 5.56 Å². The number of carbonyl (C=O) groups excluding carboxylic acids is 2. The average Bonchev–Trinajstić information content (AvgIpc) is 2.37. The Morgan fingerprint density at radius 3 is 2.60 bits per heavy atom. The Hall–Kier alpha value is -2.57. The predicted octanol–water partition coefficient (Wildman–Crippen LogP) is 0.918. The summed E-state index contributed by atoms with van der Waals surface area (Å²) in [5.74, 6) is -1.41. The van der Waals surface area contributed by atoms with E-state index in [0.29, 0.717) is 12.1 Å². The van der Waals surface area contributed by atoms with Crippen molar-refractivity contribution in [1.82, 2.24) is 10.6 Å². The summed E-state index contributed by atoms with van der Waals surface area (Å²) in [7, 11) is 0. The molecule has 0 aromatic heterocycles. The molecule has 3 N–H and O–H groups in total. The number of ether oxygens (including phenoxy) is 1. The van der Waals surface area contributed by atoms with Gasteiger partial charge in [-0.25, -0.2) is 9.59 Å². The Kier molecular flexibility index (Phi) is 5.52. The van der Waals surface area contributed by atoms with E-state index in [-0.39, 0.29) is 17.9 Å². The highest BCUT2D eigenvalue weighted by atomic mass is 16.5. The number of benzene rings is 1. The molecule has 0 aliphatic carbocycles. The lowest BCUT2D eigenvalue weighted by molar-refractivity contribution is -0.122. The van der Waals surface area contributed by atoms with E-state index in [2.05, 4.69) is 10.6 Å². The summed E-state index contributed by atoms with van der Waals surface area (Å²) in [6, 6.07) is 3.76. The number of aromatic carboxylic acids is 1. The van der Waals surface area contributed by atoms with E-state index in [9.17, 15) is 14.4 Å². The van der Waals surface area contributed by atoms with Crippen LogP contribution in [0.15, 0.2) is 18.2 Å². The van der Waals surface area contributed by atoms with Gasteiger partial charge >= 0.3 is 12.0 Å². The van der Waals surface area contributed by atoms with E-state index in [0.717, 1.165) is 0 Å². The molecule has 0 heterocycles. The number of hydrogen-bond acceptors (Lipinski definition) is 4. The molecular weight excluding hydrogens is 264 g/mol. The summed E-state index contributed by atoms with van der Waals surface area (Å²) < 4.78 is 5.21.